The maximum absolute atomic E-state index is 4.62. The number of imidazole rings is 1. The highest BCUT2D eigenvalue weighted by atomic mass is 32.1. The van der Waals surface area contributed by atoms with Crippen LogP contribution in [0.3, 0.4) is 0 Å². The smallest absolute Gasteiger partial charge is 0.193 e. The number of hydrogen-bond donors (Lipinski definition) is 1. The molecule has 1 aliphatic carbocycles. The fourth-order valence-electron chi connectivity index (χ4n) is 2.51. The molecule has 0 amide bonds. The van der Waals surface area contributed by atoms with Gasteiger partial charge in [0.15, 0.2) is 4.96 Å². The van der Waals surface area contributed by atoms with Gasteiger partial charge >= 0.3 is 0 Å². The Morgan fingerprint density at radius 3 is 3.18 bits per heavy atom. The van der Waals surface area contributed by atoms with Gasteiger partial charge in [-0.2, -0.15) is 0 Å². The van der Waals surface area contributed by atoms with Crippen LogP contribution in [0.25, 0.3) is 4.96 Å². The Balaban J connectivity index is 1.51. The summed E-state index contributed by atoms with van der Waals surface area (Å²) in [4.78, 5) is 5.73. The fourth-order valence-corrected chi connectivity index (χ4v) is 3.23. The average Bonchev–Trinajstić information content (AvgIpc) is 2.94. The summed E-state index contributed by atoms with van der Waals surface area (Å²) in [6, 6.07) is 0.735. The molecular weight excluding hydrogens is 230 g/mol. The van der Waals surface area contributed by atoms with E-state index >= 15 is 0 Å². The number of aryl methyl sites for hydroxylation is 1. The van der Waals surface area contributed by atoms with Gasteiger partial charge in [0, 0.05) is 23.8 Å². The van der Waals surface area contributed by atoms with E-state index in [1.165, 1.54) is 31.4 Å². The average molecular weight is 249 g/mol. The van der Waals surface area contributed by atoms with E-state index < -0.39 is 0 Å². The van der Waals surface area contributed by atoms with Gasteiger partial charge in [0.05, 0.1) is 5.69 Å². The van der Waals surface area contributed by atoms with E-state index in [1.54, 1.807) is 11.3 Å². The van der Waals surface area contributed by atoms with E-state index in [-0.39, 0.29) is 0 Å². The van der Waals surface area contributed by atoms with Crippen molar-refractivity contribution in [2.75, 3.05) is 7.05 Å². The topological polar surface area (TPSA) is 29.3 Å². The van der Waals surface area contributed by atoms with Crippen LogP contribution in [-0.2, 0) is 6.42 Å². The van der Waals surface area contributed by atoms with E-state index in [2.05, 4.69) is 39.5 Å². The van der Waals surface area contributed by atoms with Crippen molar-refractivity contribution < 1.29 is 0 Å². The molecule has 0 saturated heterocycles. The number of aromatic nitrogens is 2. The van der Waals surface area contributed by atoms with Gasteiger partial charge in [0.1, 0.15) is 0 Å². The third-order valence-electron chi connectivity index (χ3n) is 3.65. The van der Waals surface area contributed by atoms with Crippen molar-refractivity contribution in [3.05, 3.63) is 23.5 Å². The Kier molecular flexibility index (Phi) is 3.16. The van der Waals surface area contributed by atoms with Crippen molar-refractivity contribution in [3.8, 4) is 0 Å². The highest BCUT2D eigenvalue weighted by Gasteiger charge is 2.29. The van der Waals surface area contributed by atoms with Gasteiger partial charge in [-0.1, -0.05) is 0 Å². The third kappa shape index (κ3) is 2.53. The monoisotopic (exact) mass is 249 g/mol. The standard InChI is InChI=1S/C13H19N3S/c1-14-12(10-5-6-10)4-2-3-11-9-16-7-8-17-13(16)15-11/h7-10,12,14H,2-6H2,1H3. The molecular formula is C13H19N3S. The molecule has 92 valence electrons. The summed E-state index contributed by atoms with van der Waals surface area (Å²) < 4.78 is 2.12. The Morgan fingerprint density at radius 1 is 1.59 bits per heavy atom. The molecule has 0 bridgehead atoms. The number of hydrogen-bond acceptors (Lipinski definition) is 3. The molecule has 3 rings (SSSR count). The van der Waals surface area contributed by atoms with E-state index in [4.69, 9.17) is 0 Å². The molecule has 1 unspecified atom stereocenters. The van der Waals surface area contributed by atoms with Crippen LogP contribution >= 0.6 is 11.3 Å². The zero-order valence-electron chi connectivity index (χ0n) is 10.2. The summed E-state index contributed by atoms with van der Waals surface area (Å²) >= 11 is 1.71. The first kappa shape index (κ1) is 11.2. The van der Waals surface area contributed by atoms with Crippen LogP contribution in [0.15, 0.2) is 17.8 Å². The van der Waals surface area contributed by atoms with Crippen molar-refractivity contribution in [2.45, 2.75) is 38.1 Å². The predicted molar refractivity (Wildman–Crippen MR) is 71.6 cm³/mol. The maximum Gasteiger partial charge on any atom is 0.193 e. The van der Waals surface area contributed by atoms with Crippen LogP contribution in [0.1, 0.15) is 31.4 Å². The van der Waals surface area contributed by atoms with E-state index in [9.17, 15) is 0 Å². The molecule has 1 saturated carbocycles. The van der Waals surface area contributed by atoms with E-state index in [1.807, 2.05) is 0 Å². The first-order valence-corrected chi connectivity index (χ1v) is 7.33. The number of fused-ring (bicyclic) bond motifs is 1. The van der Waals surface area contributed by atoms with Gasteiger partial charge in [-0.15, -0.1) is 11.3 Å². The molecule has 1 N–H and O–H groups in total. The zero-order chi connectivity index (χ0) is 11.7. The Hall–Kier alpha value is -0.870. The number of nitrogens with one attached hydrogen (secondary N) is 1. The van der Waals surface area contributed by atoms with Gasteiger partial charge in [0.2, 0.25) is 0 Å². The van der Waals surface area contributed by atoms with Crippen LogP contribution in [-0.4, -0.2) is 22.5 Å². The van der Waals surface area contributed by atoms with Crippen LogP contribution < -0.4 is 5.32 Å². The molecule has 0 aromatic carbocycles. The third-order valence-corrected chi connectivity index (χ3v) is 4.42. The lowest BCUT2D eigenvalue weighted by molar-refractivity contribution is 0.455. The minimum absolute atomic E-state index is 0.735. The van der Waals surface area contributed by atoms with E-state index in [0.717, 1.165) is 23.3 Å². The lowest BCUT2D eigenvalue weighted by atomic mass is 10.0. The van der Waals surface area contributed by atoms with Crippen molar-refractivity contribution in [1.29, 1.82) is 0 Å². The van der Waals surface area contributed by atoms with Crippen molar-refractivity contribution in [3.63, 3.8) is 0 Å². The number of thiazole rings is 1. The second kappa shape index (κ2) is 4.78. The van der Waals surface area contributed by atoms with Crippen molar-refractivity contribution in [1.82, 2.24) is 14.7 Å². The Morgan fingerprint density at radius 2 is 2.47 bits per heavy atom. The van der Waals surface area contributed by atoms with Gasteiger partial charge in [-0.25, -0.2) is 4.98 Å². The number of nitrogens with zero attached hydrogens (tertiary/aromatic N) is 2. The van der Waals surface area contributed by atoms with Gasteiger partial charge < -0.3 is 5.32 Å². The SMILES string of the molecule is CNC(CCCc1cn2ccsc2n1)C1CC1. The minimum Gasteiger partial charge on any atom is -0.317 e. The summed E-state index contributed by atoms with van der Waals surface area (Å²) in [6.45, 7) is 0. The quantitative estimate of drug-likeness (QED) is 0.853. The molecule has 2 aromatic heterocycles. The maximum atomic E-state index is 4.62. The Labute approximate surface area is 106 Å². The molecule has 1 fully saturated rings. The highest BCUT2D eigenvalue weighted by molar-refractivity contribution is 7.15. The van der Waals surface area contributed by atoms with Crippen molar-refractivity contribution in [2.24, 2.45) is 5.92 Å². The van der Waals surface area contributed by atoms with Gasteiger partial charge in [-0.3, -0.25) is 4.40 Å². The predicted octanol–water partition coefficient (Wildman–Crippen LogP) is 2.72. The lowest BCUT2D eigenvalue weighted by Gasteiger charge is -2.14. The first-order valence-electron chi connectivity index (χ1n) is 6.45. The van der Waals surface area contributed by atoms with Crippen LogP contribution in [0.4, 0.5) is 0 Å². The molecule has 0 spiro atoms. The number of rotatable bonds is 6. The minimum atomic E-state index is 0.735. The summed E-state index contributed by atoms with van der Waals surface area (Å²) in [7, 11) is 2.09. The zero-order valence-corrected chi connectivity index (χ0v) is 11.0. The fraction of sp³-hybridized carbons (Fsp3) is 0.615. The summed E-state index contributed by atoms with van der Waals surface area (Å²) in [5.74, 6) is 0.950. The normalized spacial score (nSPS) is 17.7. The molecule has 0 radical (unpaired) electrons. The molecule has 3 nitrogen and oxygen atoms in total. The summed E-state index contributed by atoms with van der Waals surface area (Å²) in [5.41, 5.74) is 1.24. The molecule has 17 heavy (non-hydrogen) atoms. The first-order chi connectivity index (χ1) is 8.36. The molecule has 1 aliphatic rings. The molecule has 1 atom stereocenters. The summed E-state index contributed by atoms with van der Waals surface area (Å²) in [5, 5.41) is 5.53. The van der Waals surface area contributed by atoms with Gasteiger partial charge in [0.25, 0.3) is 0 Å². The Bertz CT molecular complexity index is 455. The second-order valence-electron chi connectivity index (χ2n) is 4.95. The lowest BCUT2D eigenvalue weighted by Crippen LogP contribution is -2.27. The molecule has 0 aliphatic heterocycles. The van der Waals surface area contributed by atoms with Crippen molar-refractivity contribution >= 4 is 16.3 Å². The largest absolute Gasteiger partial charge is 0.317 e. The highest BCUT2D eigenvalue weighted by Crippen LogP contribution is 2.34. The molecule has 2 heterocycles. The second-order valence-corrected chi connectivity index (χ2v) is 5.82. The molecule has 4 heteroatoms. The summed E-state index contributed by atoms with van der Waals surface area (Å²) in [6.07, 6.45) is 10.7. The molecule has 2 aromatic rings. The van der Waals surface area contributed by atoms with Crippen LogP contribution in [0.2, 0.25) is 0 Å². The van der Waals surface area contributed by atoms with E-state index in [0.29, 0.717) is 0 Å². The van der Waals surface area contributed by atoms with Gasteiger partial charge in [-0.05, 0) is 45.1 Å². The van der Waals surface area contributed by atoms with Crippen LogP contribution in [0, 0.1) is 5.92 Å². The van der Waals surface area contributed by atoms with Crippen LogP contribution in [0.5, 0.6) is 0 Å².